The van der Waals surface area contributed by atoms with Gasteiger partial charge in [-0.2, -0.15) is 0 Å². The van der Waals surface area contributed by atoms with E-state index in [1.54, 1.807) is 0 Å². The average Bonchev–Trinajstić information content (AvgIpc) is 2.50. The molecule has 0 atom stereocenters. The Hall–Kier alpha value is -0.560. The molecule has 0 unspecified atom stereocenters. The Morgan fingerprint density at radius 2 is 0.952 bits per heavy atom. The molecule has 0 radical (unpaired) electrons. The second-order valence-electron chi connectivity index (χ2n) is 5.78. The minimum absolute atomic E-state index is 0.962. The van der Waals surface area contributed by atoms with Gasteiger partial charge < -0.3 is 4.74 Å². The zero-order chi connectivity index (χ0) is 15.4. The van der Waals surface area contributed by atoms with Gasteiger partial charge in [0.05, 0.1) is 0 Å². The van der Waals surface area contributed by atoms with Gasteiger partial charge in [-0.25, -0.2) is 0 Å². The molecule has 0 saturated heterocycles. The van der Waals surface area contributed by atoms with Crippen molar-refractivity contribution in [1.29, 1.82) is 0 Å². The topological polar surface area (TPSA) is 9.23 Å². The van der Waals surface area contributed by atoms with E-state index >= 15 is 0 Å². The monoisotopic (exact) mass is 294 g/mol. The number of hydrogen-bond donors (Lipinski definition) is 0. The van der Waals surface area contributed by atoms with Crippen LogP contribution in [-0.4, -0.2) is 13.2 Å². The third-order valence-corrected chi connectivity index (χ3v) is 3.62. The summed E-state index contributed by atoms with van der Waals surface area (Å²) in [6, 6.07) is 0. The van der Waals surface area contributed by atoms with E-state index in [9.17, 15) is 0 Å². The molecule has 0 aromatic carbocycles. The highest BCUT2D eigenvalue weighted by molar-refractivity contribution is 4.80. The number of allylic oxidation sites excluding steroid dienone is 4. The maximum absolute atomic E-state index is 5.70. The number of unbranched alkanes of at least 4 members (excludes halogenated alkanes) is 8. The van der Waals surface area contributed by atoms with Crippen LogP contribution >= 0.6 is 0 Å². The Bertz CT molecular complexity index is 206. The smallest absolute Gasteiger partial charge is 0.0466 e. The highest BCUT2D eigenvalue weighted by atomic mass is 16.5. The predicted molar refractivity (Wildman–Crippen MR) is 95.9 cm³/mol. The van der Waals surface area contributed by atoms with Crippen molar-refractivity contribution in [3.8, 4) is 0 Å². The molecule has 0 saturated carbocycles. The Balaban J connectivity index is 2.99. The standard InChI is InChI=1S/C20H38O/c1-3-5-7-9-11-13-15-17-19-21-20-18-16-14-12-10-8-6-4-2/h5-8H,3-4,9-20H2,1-2H3. The van der Waals surface area contributed by atoms with Gasteiger partial charge in [-0.05, 0) is 51.4 Å². The molecule has 0 heterocycles. The van der Waals surface area contributed by atoms with E-state index < -0.39 is 0 Å². The van der Waals surface area contributed by atoms with E-state index in [-0.39, 0.29) is 0 Å². The molecule has 0 fully saturated rings. The van der Waals surface area contributed by atoms with Crippen LogP contribution in [0.5, 0.6) is 0 Å². The Kier molecular flexibility index (Phi) is 18.9. The van der Waals surface area contributed by atoms with Gasteiger partial charge in [-0.1, -0.05) is 63.8 Å². The molecule has 0 bridgehead atoms. The summed E-state index contributed by atoms with van der Waals surface area (Å²) >= 11 is 0. The van der Waals surface area contributed by atoms with Crippen molar-refractivity contribution in [1.82, 2.24) is 0 Å². The second kappa shape index (κ2) is 19.4. The molecule has 0 aliphatic carbocycles. The van der Waals surface area contributed by atoms with E-state index in [0.717, 1.165) is 13.2 Å². The number of hydrogen-bond acceptors (Lipinski definition) is 1. The third-order valence-electron chi connectivity index (χ3n) is 3.62. The van der Waals surface area contributed by atoms with Gasteiger partial charge in [-0.3, -0.25) is 0 Å². The van der Waals surface area contributed by atoms with Gasteiger partial charge in [-0.15, -0.1) is 0 Å². The molecule has 21 heavy (non-hydrogen) atoms. The van der Waals surface area contributed by atoms with E-state index in [4.69, 9.17) is 4.74 Å². The van der Waals surface area contributed by atoms with Crippen LogP contribution < -0.4 is 0 Å². The van der Waals surface area contributed by atoms with Crippen molar-refractivity contribution in [2.24, 2.45) is 0 Å². The molecular formula is C20H38O. The van der Waals surface area contributed by atoms with E-state index in [0.29, 0.717) is 0 Å². The molecule has 0 N–H and O–H groups in total. The van der Waals surface area contributed by atoms with Crippen LogP contribution in [0.25, 0.3) is 0 Å². The van der Waals surface area contributed by atoms with Gasteiger partial charge in [0.1, 0.15) is 0 Å². The van der Waals surface area contributed by atoms with Gasteiger partial charge in [0.15, 0.2) is 0 Å². The zero-order valence-electron chi connectivity index (χ0n) is 14.6. The Labute approximate surface area is 133 Å². The number of ether oxygens (including phenoxy) is 1. The molecular weight excluding hydrogens is 256 g/mol. The summed E-state index contributed by atoms with van der Waals surface area (Å²) in [4.78, 5) is 0. The van der Waals surface area contributed by atoms with Crippen LogP contribution in [0.15, 0.2) is 24.3 Å². The lowest BCUT2D eigenvalue weighted by molar-refractivity contribution is 0.125. The largest absolute Gasteiger partial charge is 0.381 e. The molecule has 1 heteroatoms. The van der Waals surface area contributed by atoms with Crippen LogP contribution in [0.1, 0.15) is 90.9 Å². The zero-order valence-corrected chi connectivity index (χ0v) is 14.6. The fourth-order valence-corrected chi connectivity index (χ4v) is 2.31. The maximum atomic E-state index is 5.70. The quantitative estimate of drug-likeness (QED) is 0.224. The minimum Gasteiger partial charge on any atom is -0.381 e. The van der Waals surface area contributed by atoms with Crippen LogP contribution in [-0.2, 0) is 4.74 Å². The van der Waals surface area contributed by atoms with Gasteiger partial charge in [0, 0.05) is 13.2 Å². The normalized spacial score (nSPS) is 11.9. The molecule has 0 aliphatic rings. The first-order valence-electron chi connectivity index (χ1n) is 9.29. The van der Waals surface area contributed by atoms with Gasteiger partial charge >= 0.3 is 0 Å². The average molecular weight is 295 g/mol. The molecule has 0 amide bonds. The van der Waals surface area contributed by atoms with E-state index in [2.05, 4.69) is 38.2 Å². The summed E-state index contributed by atoms with van der Waals surface area (Å²) < 4.78 is 5.70. The predicted octanol–water partition coefficient (Wildman–Crippen LogP) is 6.84. The molecule has 0 aromatic heterocycles. The molecule has 124 valence electrons. The van der Waals surface area contributed by atoms with Gasteiger partial charge in [0.25, 0.3) is 0 Å². The molecule has 0 rings (SSSR count). The second-order valence-corrected chi connectivity index (χ2v) is 5.78. The van der Waals surface area contributed by atoms with Crippen molar-refractivity contribution < 1.29 is 4.74 Å². The SMILES string of the molecule is CCC=CCCCCCCOCCCCCCC=CCC. The van der Waals surface area contributed by atoms with E-state index in [1.165, 1.54) is 77.0 Å². The lowest BCUT2D eigenvalue weighted by Gasteiger charge is -2.04. The lowest BCUT2D eigenvalue weighted by atomic mass is 10.1. The minimum atomic E-state index is 0.962. The van der Waals surface area contributed by atoms with Crippen LogP contribution in [0, 0.1) is 0 Å². The fraction of sp³-hybridized carbons (Fsp3) is 0.800. The van der Waals surface area contributed by atoms with Crippen molar-refractivity contribution >= 4 is 0 Å². The van der Waals surface area contributed by atoms with Gasteiger partial charge in [0.2, 0.25) is 0 Å². The summed E-state index contributed by atoms with van der Waals surface area (Å²) in [7, 11) is 0. The molecule has 0 aromatic rings. The maximum Gasteiger partial charge on any atom is 0.0466 e. The third kappa shape index (κ3) is 19.4. The summed E-state index contributed by atoms with van der Waals surface area (Å²) in [5.74, 6) is 0. The van der Waals surface area contributed by atoms with Crippen LogP contribution in [0.3, 0.4) is 0 Å². The summed E-state index contributed by atoms with van der Waals surface area (Å²) in [5, 5.41) is 0. The first-order valence-corrected chi connectivity index (χ1v) is 9.29. The summed E-state index contributed by atoms with van der Waals surface area (Å²) in [6.07, 6.45) is 24.5. The first kappa shape index (κ1) is 20.4. The van der Waals surface area contributed by atoms with Crippen molar-refractivity contribution in [3.05, 3.63) is 24.3 Å². The van der Waals surface area contributed by atoms with Crippen molar-refractivity contribution in [2.45, 2.75) is 90.9 Å². The summed E-state index contributed by atoms with van der Waals surface area (Å²) in [6.45, 7) is 6.31. The van der Waals surface area contributed by atoms with Crippen LogP contribution in [0.2, 0.25) is 0 Å². The highest BCUT2D eigenvalue weighted by Crippen LogP contribution is 2.06. The molecule has 0 aliphatic heterocycles. The molecule has 0 spiro atoms. The first-order chi connectivity index (χ1) is 10.4. The lowest BCUT2D eigenvalue weighted by Crippen LogP contribution is -1.97. The Morgan fingerprint density at radius 3 is 1.38 bits per heavy atom. The van der Waals surface area contributed by atoms with Crippen molar-refractivity contribution in [2.75, 3.05) is 13.2 Å². The van der Waals surface area contributed by atoms with Crippen molar-refractivity contribution in [3.63, 3.8) is 0 Å². The number of rotatable bonds is 16. The van der Waals surface area contributed by atoms with Crippen LogP contribution in [0.4, 0.5) is 0 Å². The molecule has 1 nitrogen and oxygen atoms in total. The fourth-order valence-electron chi connectivity index (χ4n) is 2.31. The van der Waals surface area contributed by atoms with E-state index in [1.807, 2.05) is 0 Å². The summed E-state index contributed by atoms with van der Waals surface area (Å²) in [5.41, 5.74) is 0. The Morgan fingerprint density at radius 1 is 0.524 bits per heavy atom. The highest BCUT2D eigenvalue weighted by Gasteiger charge is 1.92.